The molecule has 134 valence electrons. The lowest BCUT2D eigenvalue weighted by Gasteiger charge is -2.34. The minimum absolute atomic E-state index is 0.334. The minimum Gasteiger partial charge on any atom is -0.453 e. The quantitative estimate of drug-likeness (QED) is 0.765. The number of carbonyl (C=O) groups is 1. The molecule has 4 rings (SSSR count). The first-order valence-electron chi connectivity index (χ1n) is 8.34. The highest BCUT2D eigenvalue weighted by Crippen LogP contribution is 2.26. The monoisotopic (exact) mass is 355 g/mol. The van der Waals surface area contributed by atoms with Gasteiger partial charge in [0.15, 0.2) is 5.82 Å². The number of nitrogens with one attached hydrogen (secondary N) is 1. The van der Waals surface area contributed by atoms with E-state index >= 15 is 0 Å². The van der Waals surface area contributed by atoms with Crippen LogP contribution in [0.1, 0.15) is 0 Å². The molecule has 3 heterocycles. The molecule has 1 amide bonds. The third kappa shape index (κ3) is 2.94. The molecule has 1 saturated heterocycles. The van der Waals surface area contributed by atoms with Crippen molar-refractivity contribution in [3.8, 4) is 11.4 Å². The summed E-state index contributed by atoms with van der Waals surface area (Å²) in [5, 5.41) is 0. The van der Waals surface area contributed by atoms with Crippen LogP contribution in [0.5, 0.6) is 0 Å². The number of hydrogen-bond acceptors (Lipinski definition) is 5. The first-order chi connectivity index (χ1) is 12.7. The highest BCUT2D eigenvalue weighted by atomic mass is 19.1. The van der Waals surface area contributed by atoms with Gasteiger partial charge < -0.3 is 19.5 Å². The van der Waals surface area contributed by atoms with Crippen molar-refractivity contribution in [2.45, 2.75) is 0 Å². The van der Waals surface area contributed by atoms with Gasteiger partial charge in [-0.2, -0.15) is 0 Å². The summed E-state index contributed by atoms with van der Waals surface area (Å²) in [6.07, 6.45) is 0.879. The Balaban J connectivity index is 1.60. The van der Waals surface area contributed by atoms with Crippen molar-refractivity contribution in [2.24, 2.45) is 0 Å². The number of nitrogens with zero attached hydrogens (tertiary/aromatic N) is 4. The molecule has 0 unspecified atom stereocenters. The van der Waals surface area contributed by atoms with Gasteiger partial charge in [-0.25, -0.2) is 19.2 Å². The molecule has 3 aromatic rings. The maximum absolute atomic E-state index is 14.4. The Kier molecular flexibility index (Phi) is 4.16. The number of rotatable bonds is 2. The van der Waals surface area contributed by atoms with Crippen molar-refractivity contribution in [3.63, 3.8) is 0 Å². The first kappa shape index (κ1) is 16.3. The highest BCUT2D eigenvalue weighted by Gasteiger charge is 2.23. The van der Waals surface area contributed by atoms with E-state index in [0.717, 1.165) is 11.0 Å². The average molecular weight is 355 g/mol. The lowest BCUT2D eigenvalue weighted by molar-refractivity contribution is 0.121. The van der Waals surface area contributed by atoms with Crippen LogP contribution in [0.3, 0.4) is 0 Å². The molecule has 0 saturated carbocycles. The van der Waals surface area contributed by atoms with Crippen molar-refractivity contribution < 1.29 is 13.9 Å². The lowest BCUT2D eigenvalue weighted by atomic mass is 10.2. The number of piperazine rings is 1. The molecule has 8 heteroatoms. The second kappa shape index (κ2) is 6.62. The number of anilines is 1. The maximum atomic E-state index is 14.4. The summed E-state index contributed by atoms with van der Waals surface area (Å²) in [5.74, 6) is 0.702. The number of H-pyrrole nitrogens is 1. The van der Waals surface area contributed by atoms with Gasteiger partial charge in [-0.05, 0) is 18.2 Å². The second-order valence-corrected chi connectivity index (χ2v) is 6.07. The summed E-state index contributed by atoms with van der Waals surface area (Å²) in [5.41, 5.74) is 2.01. The number of halogens is 1. The van der Waals surface area contributed by atoms with Crippen LogP contribution < -0.4 is 4.90 Å². The molecule has 2 aromatic heterocycles. The molecule has 0 spiro atoms. The number of fused-ring (bicyclic) bond motifs is 1. The minimum atomic E-state index is -0.430. The van der Waals surface area contributed by atoms with Crippen molar-refractivity contribution >= 4 is 22.9 Å². The zero-order valence-corrected chi connectivity index (χ0v) is 14.3. The van der Waals surface area contributed by atoms with E-state index in [1.807, 2.05) is 29.2 Å². The van der Waals surface area contributed by atoms with Gasteiger partial charge in [-0.1, -0.05) is 12.1 Å². The van der Waals surface area contributed by atoms with Gasteiger partial charge >= 0.3 is 6.09 Å². The van der Waals surface area contributed by atoms with E-state index in [1.165, 1.54) is 13.3 Å². The lowest BCUT2D eigenvalue weighted by Crippen LogP contribution is -2.49. The molecule has 1 N–H and O–H groups in total. The fraction of sp³-hybridized carbons (Fsp3) is 0.278. The Labute approximate surface area is 149 Å². The van der Waals surface area contributed by atoms with Gasteiger partial charge in [0.25, 0.3) is 0 Å². The number of aromatic nitrogens is 3. The van der Waals surface area contributed by atoms with Crippen LogP contribution in [0.4, 0.5) is 15.0 Å². The van der Waals surface area contributed by atoms with Gasteiger partial charge in [0.2, 0.25) is 0 Å². The van der Waals surface area contributed by atoms with Crippen LogP contribution in [0.2, 0.25) is 0 Å². The fourth-order valence-electron chi connectivity index (χ4n) is 3.11. The van der Waals surface area contributed by atoms with Crippen molar-refractivity contribution in [2.75, 3.05) is 38.2 Å². The number of hydrogen-bond donors (Lipinski definition) is 1. The van der Waals surface area contributed by atoms with Crippen molar-refractivity contribution in [1.82, 2.24) is 19.9 Å². The molecule has 1 aromatic carbocycles. The number of pyridine rings is 1. The zero-order chi connectivity index (χ0) is 18.1. The van der Waals surface area contributed by atoms with Gasteiger partial charge in [0.05, 0.1) is 29.9 Å². The van der Waals surface area contributed by atoms with E-state index in [2.05, 4.69) is 15.0 Å². The van der Waals surface area contributed by atoms with Crippen LogP contribution in [0.15, 0.2) is 36.5 Å². The fourth-order valence-corrected chi connectivity index (χ4v) is 3.11. The second-order valence-electron chi connectivity index (χ2n) is 6.07. The van der Waals surface area contributed by atoms with Crippen molar-refractivity contribution in [3.05, 3.63) is 42.3 Å². The molecule has 0 bridgehead atoms. The predicted molar refractivity (Wildman–Crippen MR) is 95.5 cm³/mol. The van der Waals surface area contributed by atoms with Crippen molar-refractivity contribution in [1.29, 1.82) is 0 Å². The Bertz CT molecular complexity index is 917. The van der Waals surface area contributed by atoms with Crippen LogP contribution in [-0.2, 0) is 4.74 Å². The Morgan fingerprint density at radius 2 is 2.00 bits per heavy atom. The zero-order valence-electron chi connectivity index (χ0n) is 14.3. The molecule has 26 heavy (non-hydrogen) atoms. The van der Waals surface area contributed by atoms with E-state index in [4.69, 9.17) is 4.74 Å². The van der Waals surface area contributed by atoms with E-state index in [1.54, 1.807) is 11.0 Å². The highest BCUT2D eigenvalue weighted by molar-refractivity contribution is 5.79. The molecule has 0 aliphatic carbocycles. The summed E-state index contributed by atoms with van der Waals surface area (Å²) in [6, 6.07) is 9.27. The van der Waals surface area contributed by atoms with Gasteiger partial charge in [-0.15, -0.1) is 0 Å². The van der Waals surface area contributed by atoms with E-state index in [0.29, 0.717) is 43.4 Å². The molecule has 0 atom stereocenters. The number of carbonyl (C=O) groups excluding carboxylic acids is 1. The van der Waals surface area contributed by atoms with Crippen LogP contribution in [-0.4, -0.2) is 59.2 Å². The number of amides is 1. The predicted octanol–water partition coefficient (Wildman–Crippen LogP) is 2.65. The number of aromatic amines is 1. The molecular formula is C18H18FN5O2. The molecule has 7 nitrogen and oxygen atoms in total. The van der Waals surface area contributed by atoms with Crippen LogP contribution in [0, 0.1) is 5.82 Å². The number of benzene rings is 1. The van der Waals surface area contributed by atoms with Crippen LogP contribution >= 0.6 is 0 Å². The molecule has 1 fully saturated rings. The Morgan fingerprint density at radius 1 is 1.23 bits per heavy atom. The molecule has 0 radical (unpaired) electrons. The number of methoxy groups -OCH3 is 1. The number of ether oxygens (including phenoxy) is 1. The Hall–Kier alpha value is -3.16. The van der Waals surface area contributed by atoms with E-state index in [9.17, 15) is 9.18 Å². The molecule has 1 aliphatic heterocycles. The third-order valence-electron chi connectivity index (χ3n) is 4.52. The largest absolute Gasteiger partial charge is 0.453 e. The molecule has 1 aliphatic rings. The van der Waals surface area contributed by atoms with Gasteiger partial charge in [-0.3, -0.25) is 0 Å². The van der Waals surface area contributed by atoms with E-state index < -0.39 is 5.82 Å². The van der Waals surface area contributed by atoms with Gasteiger partial charge in [0, 0.05) is 26.2 Å². The SMILES string of the molecule is COC(=O)N1CCN(c2cc(-c3nc4ccccc4[nH]3)c(F)cn2)CC1. The van der Waals surface area contributed by atoms with E-state index in [-0.39, 0.29) is 6.09 Å². The van der Waals surface area contributed by atoms with Crippen LogP contribution in [0.25, 0.3) is 22.4 Å². The standard InChI is InChI=1S/C18H18FN5O2/c1-26-18(25)24-8-6-23(7-9-24)16-10-12(13(19)11-20-16)17-21-14-4-2-3-5-15(14)22-17/h2-5,10-11H,6-9H2,1H3,(H,21,22). The number of para-hydroxylation sites is 2. The summed E-state index contributed by atoms with van der Waals surface area (Å²) < 4.78 is 19.1. The summed E-state index contributed by atoms with van der Waals surface area (Å²) in [7, 11) is 1.37. The summed E-state index contributed by atoms with van der Waals surface area (Å²) in [6.45, 7) is 2.28. The summed E-state index contributed by atoms with van der Waals surface area (Å²) >= 11 is 0. The first-order valence-corrected chi connectivity index (χ1v) is 8.34. The Morgan fingerprint density at radius 3 is 2.73 bits per heavy atom. The van der Waals surface area contributed by atoms with Gasteiger partial charge in [0.1, 0.15) is 11.6 Å². The molecular weight excluding hydrogens is 337 g/mol. The normalized spacial score (nSPS) is 14.7. The maximum Gasteiger partial charge on any atom is 0.409 e. The average Bonchev–Trinajstić information content (AvgIpc) is 3.12. The summed E-state index contributed by atoms with van der Waals surface area (Å²) in [4.78, 5) is 27.1. The third-order valence-corrected chi connectivity index (χ3v) is 4.52. The number of imidazole rings is 1. The topological polar surface area (TPSA) is 74.3 Å². The smallest absolute Gasteiger partial charge is 0.409 e.